The SMILES string of the molecule is Cc1cccc(C)c1B1c2ccccc2B2c3cc4c5[c]6c3N3c7c(ccc[c]7[Bi]6[c]6cccc7c6N5c5c(ccc6c5B4c4ccccc4B6c4c(C)cccc4C)B7c4c(C)cccc4C)B(c4c(C)cccc4C)c4ccc1c2c43. The van der Waals surface area contributed by atoms with Crippen molar-refractivity contribution in [2.45, 2.75) is 55.4 Å². The van der Waals surface area contributed by atoms with Gasteiger partial charge in [-0.25, -0.2) is 0 Å². The van der Waals surface area contributed by atoms with E-state index in [0.29, 0.717) is 0 Å². The van der Waals surface area contributed by atoms with Gasteiger partial charge in [0.1, 0.15) is 0 Å². The summed E-state index contributed by atoms with van der Waals surface area (Å²) < 4.78 is 4.95. The number of nitrogens with zero attached hydrogens (tertiary/aromatic N) is 2. The van der Waals surface area contributed by atoms with Gasteiger partial charge in [0.05, 0.1) is 0 Å². The molecule has 0 aromatic heterocycles. The van der Waals surface area contributed by atoms with Gasteiger partial charge >= 0.3 is 502 Å². The number of fused-ring (bicyclic) bond motifs is 8. The van der Waals surface area contributed by atoms with Gasteiger partial charge in [-0.3, -0.25) is 0 Å². The number of aryl methyl sites for hydroxylation is 8. The van der Waals surface area contributed by atoms with Crippen LogP contribution >= 0.6 is 0 Å². The molecule has 11 aromatic rings. The van der Waals surface area contributed by atoms with Crippen LogP contribution in [0.3, 0.4) is 0 Å². The standard InChI is InChI=1S/C74H55B6N2.Bi/c1-43-21-17-22-44(2)67(43)75-51-29-9-11-31-53(51)77-61-41-62-66(42-65(61)81-63-35-15-13-33-55(63)79(69-47(5)25-19-26-48(69)6)59-39-37-57(75)71(77)73(59)81)82-64-36-16-14-34-56(64)80(70-49(7)27-20-28-50(70)8)60-40-38-58-72(74(60)82)78(62)54-32-12-10-30-52(54)76(58)68-45(3)23-18-24-46(68)4;/h9-34,37-41H,1-8H3;. The molecule has 384 valence electrons. The minimum absolute atomic E-state index is 0.0386. The Hall–Kier alpha value is -7.71. The third-order valence-electron chi connectivity index (χ3n) is 21.6. The van der Waals surface area contributed by atoms with Crippen LogP contribution in [0.2, 0.25) is 0 Å². The average molecular weight is 1250 g/mol. The predicted octanol–water partition coefficient (Wildman–Crippen LogP) is 1.21. The van der Waals surface area contributed by atoms with Crippen molar-refractivity contribution in [3.05, 3.63) is 233 Å². The normalized spacial score (nSPS) is 15.0. The molecule has 0 aliphatic carbocycles. The number of para-hydroxylation sites is 2. The van der Waals surface area contributed by atoms with Crippen molar-refractivity contribution in [3.8, 4) is 0 Å². The summed E-state index contributed by atoms with van der Waals surface area (Å²) in [5.74, 6) is 0. The zero-order chi connectivity index (χ0) is 55.3. The van der Waals surface area contributed by atoms with Gasteiger partial charge < -0.3 is 0 Å². The maximum absolute atomic E-state index is 3.42. The molecule has 8 heterocycles. The summed E-state index contributed by atoms with van der Waals surface area (Å²) in [4.78, 5) is 5.87. The van der Waals surface area contributed by atoms with E-state index in [1.54, 1.807) is 9.81 Å². The molecule has 8 aliphatic heterocycles. The van der Waals surface area contributed by atoms with E-state index in [-0.39, 0.29) is 40.3 Å². The van der Waals surface area contributed by atoms with Crippen LogP contribution in [0.5, 0.6) is 0 Å². The molecule has 11 aromatic carbocycles. The molecule has 0 amide bonds. The molecule has 0 N–H and O–H groups in total. The van der Waals surface area contributed by atoms with E-state index >= 15 is 0 Å². The summed E-state index contributed by atoms with van der Waals surface area (Å²) in [5.41, 5.74) is 46.3. The summed E-state index contributed by atoms with van der Waals surface area (Å²) in [7, 11) is 0. The summed E-state index contributed by atoms with van der Waals surface area (Å²) in [6.07, 6.45) is 0. The second-order valence-electron chi connectivity index (χ2n) is 25.6. The molecule has 2 nitrogen and oxygen atoms in total. The van der Waals surface area contributed by atoms with Gasteiger partial charge in [-0.05, 0) is 0 Å². The van der Waals surface area contributed by atoms with Crippen molar-refractivity contribution in [1.82, 2.24) is 0 Å². The van der Waals surface area contributed by atoms with Crippen LogP contribution in [-0.2, 0) is 0 Å². The molecular formula is C74H55B6BiN2. The number of hydrogen-bond acceptors (Lipinski definition) is 2. The molecule has 0 spiro atoms. The van der Waals surface area contributed by atoms with Crippen molar-refractivity contribution in [2.75, 3.05) is 9.80 Å². The van der Waals surface area contributed by atoms with Gasteiger partial charge in [0, 0.05) is 0 Å². The van der Waals surface area contributed by atoms with Crippen LogP contribution in [0.15, 0.2) is 188 Å². The molecule has 0 saturated heterocycles. The van der Waals surface area contributed by atoms with E-state index in [1.165, 1.54) is 177 Å². The topological polar surface area (TPSA) is 6.48 Å². The number of rotatable bonds is 4. The Balaban J connectivity index is 1.00. The van der Waals surface area contributed by atoms with Crippen molar-refractivity contribution in [1.29, 1.82) is 0 Å². The summed E-state index contributed by atoms with van der Waals surface area (Å²) in [5, 5.41) is 0. The Labute approximate surface area is 498 Å². The molecule has 0 fully saturated rings. The second-order valence-corrected chi connectivity index (χ2v) is 33.7. The fraction of sp³-hybridized carbons (Fsp3) is 0.108. The van der Waals surface area contributed by atoms with E-state index in [9.17, 15) is 0 Å². The Kier molecular flexibility index (Phi) is 9.52. The monoisotopic (exact) mass is 1250 g/mol. The summed E-state index contributed by atoms with van der Waals surface area (Å²) >= 11 is -3.42. The first kappa shape index (κ1) is 47.7. The predicted molar refractivity (Wildman–Crippen MR) is 365 cm³/mol. The third kappa shape index (κ3) is 5.73. The number of hydrogen-bond donors (Lipinski definition) is 0. The van der Waals surface area contributed by atoms with Crippen LogP contribution in [0.1, 0.15) is 44.5 Å². The molecule has 0 atom stereocenters. The van der Waals surface area contributed by atoms with Crippen molar-refractivity contribution >= 4 is 204 Å². The van der Waals surface area contributed by atoms with Crippen molar-refractivity contribution in [2.24, 2.45) is 0 Å². The van der Waals surface area contributed by atoms with E-state index < -0.39 is 21.8 Å². The van der Waals surface area contributed by atoms with Gasteiger partial charge in [-0.15, -0.1) is 0 Å². The molecule has 0 bridgehead atoms. The first-order chi connectivity index (χ1) is 40.6. The molecule has 83 heavy (non-hydrogen) atoms. The Morgan fingerprint density at radius 3 is 0.831 bits per heavy atom. The van der Waals surface area contributed by atoms with Crippen LogP contribution in [0, 0.1) is 55.4 Å². The zero-order valence-electron chi connectivity index (χ0n) is 48.2. The molecule has 9 heteroatoms. The molecule has 19 rings (SSSR count). The van der Waals surface area contributed by atoms with E-state index in [4.69, 9.17) is 0 Å². The van der Waals surface area contributed by atoms with Crippen LogP contribution in [0.25, 0.3) is 0 Å². The third-order valence-corrected chi connectivity index (χ3v) is 31.6. The minimum atomic E-state index is -3.42. The zero-order valence-corrected chi connectivity index (χ0v) is 51.7. The van der Waals surface area contributed by atoms with Gasteiger partial charge in [0.2, 0.25) is 0 Å². The molecule has 8 aliphatic rings. The quantitative estimate of drug-likeness (QED) is 0.245. The van der Waals surface area contributed by atoms with Gasteiger partial charge in [-0.1, -0.05) is 0 Å². The Bertz CT molecular complexity index is 4510. The first-order valence-electron chi connectivity index (χ1n) is 30.2. The Morgan fingerprint density at radius 2 is 0.494 bits per heavy atom. The van der Waals surface area contributed by atoms with Gasteiger partial charge in [-0.2, -0.15) is 0 Å². The Morgan fingerprint density at radius 1 is 0.229 bits per heavy atom. The van der Waals surface area contributed by atoms with E-state index in [1.807, 2.05) is 0 Å². The number of benzene rings is 11. The maximum atomic E-state index is 2.93. The van der Waals surface area contributed by atoms with Crippen LogP contribution < -0.4 is 118 Å². The fourth-order valence-corrected chi connectivity index (χ4v) is 30.3. The second kappa shape index (κ2) is 16.5. The molecular weight excluding hydrogens is 1190 g/mol. The average Bonchev–Trinajstić information content (AvgIpc) is 0.725. The summed E-state index contributed by atoms with van der Waals surface area (Å²) in [6.45, 7) is 19.3. The summed E-state index contributed by atoms with van der Waals surface area (Å²) in [6, 6.07) is 75.9. The van der Waals surface area contributed by atoms with Gasteiger partial charge in [0.25, 0.3) is 0 Å². The van der Waals surface area contributed by atoms with Crippen molar-refractivity contribution < 1.29 is 0 Å². The van der Waals surface area contributed by atoms with Crippen molar-refractivity contribution in [3.63, 3.8) is 0 Å². The molecule has 0 unspecified atom stereocenters. The fourth-order valence-electron chi connectivity index (χ4n) is 18.7. The van der Waals surface area contributed by atoms with E-state index in [0.717, 1.165) is 0 Å². The van der Waals surface area contributed by atoms with Crippen LogP contribution in [-0.4, -0.2) is 62.0 Å². The first-order valence-corrected chi connectivity index (χ1v) is 35.4. The van der Waals surface area contributed by atoms with Crippen LogP contribution in [0.4, 0.5) is 34.1 Å². The number of anilines is 6. The molecule has 0 radical (unpaired) electrons. The van der Waals surface area contributed by atoms with Gasteiger partial charge in [0.15, 0.2) is 0 Å². The van der Waals surface area contributed by atoms with E-state index in [2.05, 4.69) is 253 Å². The molecule has 0 saturated carbocycles.